The Labute approximate surface area is 90.7 Å². The number of nitrogens with zero attached hydrogens (tertiary/aromatic N) is 1. The number of ether oxygens (including phenoxy) is 1. The summed E-state index contributed by atoms with van der Waals surface area (Å²) < 4.78 is 5.07. The molecular weight excluding hydrogens is 190 g/mol. The second-order valence-electron chi connectivity index (χ2n) is 3.43. The van der Waals surface area contributed by atoms with Crippen LogP contribution in [0.3, 0.4) is 0 Å². The molecule has 3 nitrogen and oxygen atoms in total. The Balaban J connectivity index is 2.63. The fourth-order valence-electron chi connectivity index (χ4n) is 1.20. The Morgan fingerprint density at radius 1 is 1.33 bits per heavy atom. The molecule has 1 aromatic rings. The lowest BCUT2D eigenvalue weighted by atomic mass is 10.2. The lowest BCUT2D eigenvalue weighted by Crippen LogP contribution is -2.30. The number of rotatable bonds is 4. The Hall–Kier alpha value is -1.35. The molecule has 0 atom stereocenters. The third-order valence-corrected chi connectivity index (χ3v) is 2.23. The summed E-state index contributed by atoms with van der Waals surface area (Å²) in [6, 6.07) is 7.83. The minimum Gasteiger partial charge on any atom is -0.372 e. The van der Waals surface area contributed by atoms with Crippen molar-refractivity contribution in [3.8, 4) is 0 Å². The van der Waals surface area contributed by atoms with E-state index in [9.17, 15) is 4.79 Å². The van der Waals surface area contributed by atoms with Crippen molar-refractivity contribution in [1.82, 2.24) is 0 Å². The van der Waals surface area contributed by atoms with Crippen LogP contribution in [0.5, 0.6) is 0 Å². The van der Waals surface area contributed by atoms with Crippen molar-refractivity contribution in [2.24, 2.45) is 0 Å². The minimum atomic E-state index is -0.0271. The summed E-state index contributed by atoms with van der Waals surface area (Å²) in [6.45, 7) is 4.60. The van der Waals surface area contributed by atoms with Gasteiger partial charge in [0, 0.05) is 19.3 Å². The highest BCUT2D eigenvalue weighted by Crippen LogP contribution is 2.13. The summed E-state index contributed by atoms with van der Waals surface area (Å²) in [5, 5.41) is 0. The summed E-state index contributed by atoms with van der Waals surface area (Å²) >= 11 is 0. The van der Waals surface area contributed by atoms with E-state index in [-0.39, 0.29) is 12.5 Å². The van der Waals surface area contributed by atoms with Gasteiger partial charge in [0.1, 0.15) is 6.61 Å². The zero-order chi connectivity index (χ0) is 11.3. The van der Waals surface area contributed by atoms with E-state index in [4.69, 9.17) is 4.74 Å². The van der Waals surface area contributed by atoms with Gasteiger partial charge >= 0.3 is 0 Å². The van der Waals surface area contributed by atoms with Crippen LogP contribution in [-0.2, 0) is 9.53 Å². The zero-order valence-corrected chi connectivity index (χ0v) is 9.49. The molecule has 0 saturated heterocycles. The van der Waals surface area contributed by atoms with Gasteiger partial charge in [0.2, 0.25) is 0 Å². The van der Waals surface area contributed by atoms with Crippen LogP contribution in [0.4, 0.5) is 5.69 Å². The summed E-state index contributed by atoms with van der Waals surface area (Å²) in [7, 11) is 1.76. The number of aryl methyl sites for hydroxylation is 1. The molecule has 0 saturated carbocycles. The SMILES string of the molecule is CCOCC(=O)N(C)c1ccc(C)cc1. The molecule has 0 aliphatic carbocycles. The molecule has 0 aromatic heterocycles. The Bertz CT molecular complexity index is 319. The molecule has 1 amide bonds. The van der Waals surface area contributed by atoms with Crippen molar-refractivity contribution in [3.05, 3.63) is 29.8 Å². The second kappa shape index (κ2) is 5.51. The van der Waals surface area contributed by atoms with Crippen molar-refractivity contribution in [2.75, 3.05) is 25.2 Å². The molecule has 0 N–H and O–H groups in total. The van der Waals surface area contributed by atoms with Crippen molar-refractivity contribution in [3.63, 3.8) is 0 Å². The van der Waals surface area contributed by atoms with Gasteiger partial charge in [-0.05, 0) is 26.0 Å². The maximum Gasteiger partial charge on any atom is 0.252 e. The zero-order valence-electron chi connectivity index (χ0n) is 9.49. The average molecular weight is 207 g/mol. The molecule has 0 bridgehead atoms. The number of anilines is 1. The van der Waals surface area contributed by atoms with Crippen molar-refractivity contribution < 1.29 is 9.53 Å². The number of benzene rings is 1. The van der Waals surface area contributed by atoms with Crippen LogP contribution in [0.2, 0.25) is 0 Å². The van der Waals surface area contributed by atoms with Crippen molar-refractivity contribution in [1.29, 1.82) is 0 Å². The van der Waals surface area contributed by atoms with Crippen molar-refractivity contribution >= 4 is 11.6 Å². The quantitative estimate of drug-likeness (QED) is 0.755. The predicted octanol–water partition coefficient (Wildman–Crippen LogP) is 1.99. The van der Waals surface area contributed by atoms with Gasteiger partial charge in [-0.1, -0.05) is 17.7 Å². The maximum absolute atomic E-state index is 11.6. The fraction of sp³-hybridized carbons (Fsp3) is 0.417. The first-order valence-corrected chi connectivity index (χ1v) is 5.06. The lowest BCUT2D eigenvalue weighted by Gasteiger charge is -2.17. The number of likely N-dealkylation sites (N-methyl/N-ethyl adjacent to an activating group) is 1. The Kier molecular flexibility index (Phi) is 4.31. The number of carbonyl (C=O) groups excluding carboxylic acids is 1. The van der Waals surface area contributed by atoms with E-state index in [1.807, 2.05) is 38.1 Å². The van der Waals surface area contributed by atoms with E-state index in [1.165, 1.54) is 5.56 Å². The summed E-state index contributed by atoms with van der Waals surface area (Å²) in [5.41, 5.74) is 2.08. The molecule has 1 rings (SSSR count). The van der Waals surface area contributed by atoms with E-state index >= 15 is 0 Å². The van der Waals surface area contributed by atoms with Crippen molar-refractivity contribution in [2.45, 2.75) is 13.8 Å². The highest BCUT2D eigenvalue weighted by Gasteiger charge is 2.09. The number of hydrogen-bond donors (Lipinski definition) is 0. The van der Waals surface area contributed by atoms with E-state index in [0.717, 1.165) is 5.69 Å². The first-order valence-electron chi connectivity index (χ1n) is 5.06. The Morgan fingerprint density at radius 2 is 1.93 bits per heavy atom. The van der Waals surface area contributed by atoms with E-state index in [0.29, 0.717) is 6.61 Å². The van der Waals surface area contributed by atoms with Gasteiger partial charge < -0.3 is 9.64 Å². The molecular formula is C12H17NO2. The summed E-state index contributed by atoms with van der Waals surface area (Å²) in [6.07, 6.45) is 0. The lowest BCUT2D eigenvalue weighted by molar-refractivity contribution is -0.122. The van der Waals surface area contributed by atoms with Gasteiger partial charge in [0.25, 0.3) is 5.91 Å². The Morgan fingerprint density at radius 3 is 2.47 bits per heavy atom. The van der Waals surface area contributed by atoms with Crippen LogP contribution < -0.4 is 4.90 Å². The molecule has 15 heavy (non-hydrogen) atoms. The highest BCUT2D eigenvalue weighted by atomic mass is 16.5. The van der Waals surface area contributed by atoms with Gasteiger partial charge in [-0.25, -0.2) is 0 Å². The standard InChI is InChI=1S/C12H17NO2/c1-4-15-9-12(14)13(3)11-7-5-10(2)6-8-11/h5-8H,4,9H2,1-3H3. The third kappa shape index (κ3) is 3.36. The normalized spacial score (nSPS) is 10.1. The molecule has 0 heterocycles. The van der Waals surface area contributed by atoms with Crippen LogP contribution >= 0.6 is 0 Å². The summed E-state index contributed by atoms with van der Waals surface area (Å²) in [4.78, 5) is 13.2. The topological polar surface area (TPSA) is 29.5 Å². The predicted molar refractivity (Wildman–Crippen MR) is 61.1 cm³/mol. The van der Waals surface area contributed by atoms with Crippen LogP contribution in [0.15, 0.2) is 24.3 Å². The number of carbonyl (C=O) groups is 1. The van der Waals surface area contributed by atoms with Gasteiger partial charge in [-0.3, -0.25) is 4.79 Å². The molecule has 0 unspecified atom stereocenters. The maximum atomic E-state index is 11.6. The molecule has 3 heteroatoms. The monoisotopic (exact) mass is 207 g/mol. The second-order valence-corrected chi connectivity index (χ2v) is 3.43. The fourth-order valence-corrected chi connectivity index (χ4v) is 1.20. The smallest absolute Gasteiger partial charge is 0.252 e. The van der Waals surface area contributed by atoms with Crippen LogP contribution in [0.1, 0.15) is 12.5 Å². The van der Waals surface area contributed by atoms with Crippen LogP contribution in [0.25, 0.3) is 0 Å². The first kappa shape index (κ1) is 11.7. The molecule has 1 aromatic carbocycles. The molecule has 0 radical (unpaired) electrons. The minimum absolute atomic E-state index is 0.0271. The molecule has 0 fully saturated rings. The largest absolute Gasteiger partial charge is 0.372 e. The number of hydrogen-bond acceptors (Lipinski definition) is 2. The number of amides is 1. The van der Waals surface area contributed by atoms with Crippen LogP contribution in [-0.4, -0.2) is 26.2 Å². The third-order valence-electron chi connectivity index (χ3n) is 2.23. The van der Waals surface area contributed by atoms with E-state index < -0.39 is 0 Å². The highest BCUT2D eigenvalue weighted by molar-refractivity contribution is 5.93. The van der Waals surface area contributed by atoms with E-state index in [2.05, 4.69) is 0 Å². The van der Waals surface area contributed by atoms with E-state index in [1.54, 1.807) is 11.9 Å². The van der Waals surface area contributed by atoms with Gasteiger partial charge in [-0.2, -0.15) is 0 Å². The van der Waals surface area contributed by atoms with Gasteiger partial charge in [-0.15, -0.1) is 0 Å². The van der Waals surface area contributed by atoms with Crippen LogP contribution in [0, 0.1) is 6.92 Å². The summed E-state index contributed by atoms with van der Waals surface area (Å²) in [5.74, 6) is -0.0271. The van der Waals surface area contributed by atoms with Gasteiger partial charge in [0.05, 0.1) is 0 Å². The average Bonchev–Trinajstić information content (AvgIpc) is 2.26. The molecule has 0 aliphatic rings. The first-order chi connectivity index (χ1) is 7.15. The molecule has 0 spiro atoms. The molecule has 0 aliphatic heterocycles. The molecule has 82 valence electrons. The van der Waals surface area contributed by atoms with Gasteiger partial charge in [0.15, 0.2) is 0 Å².